The maximum atomic E-state index is 5.94. The topological polar surface area (TPSA) is 60.2 Å². The van der Waals surface area contributed by atoms with Crippen LogP contribution in [0.2, 0.25) is 5.02 Å². The Hall–Kier alpha value is -1.43. The number of morpholine rings is 1. The van der Waals surface area contributed by atoms with E-state index in [1.807, 2.05) is 24.3 Å². The lowest BCUT2D eigenvalue weighted by atomic mass is 10.1. The zero-order chi connectivity index (χ0) is 13.1. The maximum absolute atomic E-state index is 5.94. The van der Waals surface area contributed by atoms with Gasteiger partial charge >= 0.3 is 0 Å². The van der Waals surface area contributed by atoms with Crippen molar-refractivity contribution in [3.05, 3.63) is 46.6 Å². The van der Waals surface area contributed by atoms with Crippen molar-refractivity contribution < 1.29 is 9.26 Å². The van der Waals surface area contributed by atoms with E-state index < -0.39 is 0 Å². The molecular formula is C13H14ClN3O2. The van der Waals surface area contributed by atoms with Crippen LogP contribution in [-0.2, 0) is 11.2 Å². The minimum atomic E-state index is 0.0191. The van der Waals surface area contributed by atoms with Gasteiger partial charge in [0.2, 0.25) is 5.89 Å². The monoisotopic (exact) mass is 279 g/mol. The van der Waals surface area contributed by atoms with Gasteiger partial charge in [-0.05, 0) is 17.7 Å². The van der Waals surface area contributed by atoms with Crippen molar-refractivity contribution in [2.24, 2.45) is 0 Å². The number of halogens is 1. The summed E-state index contributed by atoms with van der Waals surface area (Å²) in [5, 5.41) is 8.00. The Bertz CT molecular complexity index is 552. The number of rotatable bonds is 3. The van der Waals surface area contributed by atoms with Crippen LogP contribution in [0.4, 0.5) is 0 Å². The lowest BCUT2D eigenvalue weighted by molar-refractivity contribution is 0.0734. The molecule has 100 valence electrons. The highest BCUT2D eigenvalue weighted by molar-refractivity contribution is 6.30. The summed E-state index contributed by atoms with van der Waals surface area (Å²) >= 11 is 5.94. The van der Waals surface area contributed by atoms with E-state index in [0.717, 1.165) is 18.7 Å². The number of hydrogen-bond acceptors (Lipinski definition) is 5. The van der Waals surface area contributed by atoms with Crippen LogP contribution in [0, 0.1) is 0 Å². The Morgan fingerprint density at radius 3 is 3.16 bits per heavy atom. The summed E-state index contributed by atoms with van der Waals surface area (Å²) in [5.41, 5.74) is 1.05. The van der Waals surface area contributed by atoms with Gasteiger partial charge in [0.1, 0.15) is 0 Å². The molecule has 1 atom stereocenters. The minimum absolute atomic E-state index is 0.0191. The molecule has 3 rings (SSSR count). The van der Waals surface area contributed by atoms with E-state index in [9.17, 15) is 0 Å². The molecule has 0 radical (unpaired) electrons. The molecule has 2 heterocycles. The Balaban J connectivity index is 1.70. The fraction of sp³-hybridized carbons (Fsp3) is 0.385. The Kier molecular flexibility index (Phi) is 3.77. The molecule has 1 fully saturated rings. The third-order valence-corrected chi connectivity index (χ3v) is 3.20. The Morgan fingerprint density at radius 1 is 1.42 bits per heavy atom. The number of benzene rings is 1. The fourth-order valence-corrected chi connectivity index (χ4v) is 2.25. The smallest absolute Gasteiger partial charge is 0.231 e. The first-order valence-corrected chi connectivity index (χ1v) is 6.57. The SMILES string of the molecule is Clc1cccc(Cc2nc([C@@H]3COCCN3)no2)c1. The lowest BCUT2D eigenvalue weighted by Gasteiger charge is -2.20. The molecule has 0 saturated carbocycles. The summed E-state index contributed by atoms with van der Waals surface area (Å²) in [6.45, 7) is 2.11. The van der Waals surface area contributed by atoms with Crippen molar-refractivity contribution in [3.63, 3.8) is 0 Å². The molecule has 0 spiro atoms. The normalized spacial score (nSPS) is 19.5. The quantitative estimate of drug-likeness (QED) is 0.931. The first kappa shape index (κ1) is 12.6. The van der Waals surface area contributed by atoms with Gasteiger partial charge < -0.3 is 14.6 Å². The Morgan fingerprint density at radius 2 is 2.37 bits per heavy atom. The van der Waals surface area contributed by atoms with Crippen molar-refractivity contribution >= 4 is 11.6 Å². The number of nitrogens with one attached hydrogen (secondary N) is 1. The highest BCUT2D eigenvalue weighted by Crippen LogP contribution is 2.16. The van der Waals surface area contributed by atoms with E-state index in [0.29, 0.717) is 29.8 Å². The van der Waals surface area contributed by atoms with Gasteiger partial charge in [-0.15, -0.1) is 0 Å². The van der Waals surface area contributed by atoms with Crippen LogP contribution in [0.25, 0.3) is 0 Å². The van der Waals surface area contributed by atoms with Gasteiger partial charge in [0, 0.05) is 11.6 Å². The second-order valence-corrected chi connectivity index (χ2v) is 4.87. The van der Waals surface area contributed by atoms with Crippen molar-refractivity contribution in [2.75, 3.05) is 19.8 Å². The summed E-state index contributed by atoms with van der Waals surface area (Å²) in [6.07, 6.45) is 0.584. The van der Waals surface area contributed by atoms with Crippen molar-refractivity contribution in [3.8, 4) is 0 Å². The lowest BCUT2D eigenvalue weighted by Crippen LogP contribution is -2.35. The zero-order valence-electron chi connectivity index (χ0n) is 10.3. The van der Waals surface area contributed by atoms with Crippen LogP contribution in [0.5, 0.6) is 0 Å². The number of aromatic nitrogens is 2. The van der Waals surface area contributed by atoms with Gasteiger partial charge in [0.15, 0.2) is 5.82 Å². The van der Waals surface area contributed by atoms with Crippen LogP contribution in [-0.4, -0.2) is 29.9 Å². The molecule has 1 saturated heterocycles. The van der Waals surface area contributed by atoms with Crippen LogP contribution in [0.15, 0.2) is 28.8 Å². The summed E-state index contributed by atoms with van der Waals surface area (Å²) in [7, 11) is 0. The number of ether oxygens (including phenoxy) is 1. The highest BCUT2D eigenvalue weighted by atomic mass is 35.5. The van der Waals surface area contributed by atoms with E-state index in [4.69, 9.17) is 20.9 Å². The number of nitrogens with zero attached hydrogens (tertiary/aromatic N) is 2. The van der Waals surface area contributed by atoms with Gasteiger partial charge in [-0.2, -0.15) is 4.98 Å². The minimum Gasteiger partial charge on any atom is -0.378 e. The standard InChI is InChI=1S/C13H14ClN3O2/c14-10-3-1-2-9(6-10)7-12-16-13(17-19-12)11-8-18-5-4-15-11/h1-3,6,11,15H,4-5,7-8H2/t11-/m0/s1. The molecule has 6 heteroatoms. The van der Waals surface area contributed by atoms with E-state index in [2.05, 4.69) is 15.5 Å². The first-order valence-electron chi connectivity index (χ1n) is 6.19. The van der Waals surface area contributed by atoms with Gasteiger partial charge in [-0.3, -0.25) is 0 Å². The summed E-state index contributed by atoms with van der Waals surface area (Å²) < 4.78 is 10.6. The predicted molar refractivity (Wildman–Crippen MR) is 70.1 cm³/mol. The van der Waals surface area contributed by atoms with E-state index >= 15 is 0 Å². The molecule has 0 aliphatic carbocycles. The van der Waals surface area contributed by atoms with Gasteiger partial charge in [0.25, 0.3) is 0 Å². The molecule has 5 nitrogen and oxygen atoms in total. The second kappa shape index (κ2) is 5.69. The van der Waals surface area contributed by atoms with Gasteiger partial charge in [-0.25, -0.2) is 0 Å². The molecule has 1 aromatic heterocycles. The summed E-state index contributed by atoms with van der Waals surface area (Å²) in [6, 6.07) is 7.65. The van der Waals surface area contributed by atoms with Crippen LogP contribution in [0.3, 0.4) is 0 Å². The van der Waals surface area contributed by atoms with Crippen LogP contribution < -0.4 is 5.32 Å². The molecule has 19 heavy (non-hydrogen) atoms. The third-order valence-electron chi connectivity index (χ3n) is 2.96. The summed E-state index contributed by atoms with van der Waals surface area (Å²) in [4.78, 5) is 4.40. The van der Waals surface area contributed by atoms with Crippen LogP contribution >= 0.6 is 11.6 Å². The largest absolute Gasteiger partial charge is 0.378 e. The second-order valence-electron chi connectivity index (χ2n) is 4.43. The van der Waals surface area contributed by atoms with Gasteiger partial charge in [-0.1, -0.05) is 28.9 Å². The van der Waals surface area contributed by atoms with Crippen molar-refractivity contribution in [2.45, 2.75) is 12.5 Å². The molecule has 2 aromatic rings. The van der Waals surface area contributed by atoms with E-state index in [-0.39, 0.29) is 6.04 Å². The molecule has 0 unspecified atom stereocenters. The fourth-order valence-electron chi connectivity index (χ4n) is 2.03. The van der Waals surface area contributed by atoms with Crippen molar-refractivity contribution in [1.82, 2.24) is 15.5 Å². The highest BCUT2D eigenvalue weighted by Gasteiger charge is 2.20. The number of hydrogen-bond donors (Lipinski definition) is 1. The van der Waals surface area contributed by atoms with Crippen LogP contribution in [0.1, 0.15) is 23.3 Å². The Labute approximate surface area is 115 Å². The van der Waals surface area contributed by atoms with Crippen molar-refractivity contribution in [1.29, 1.82) is 0 Å². The molecule has 0 bridgehead atoms. The molecule has 1 aromatic carbocycles. The molecule has 1 aliphatic rings. The molecule has 0 amide bonds. The molecule has 1 N–H and O–H groups in total. The zero-order valence-corrected chi connectivity index (χ0v) is 11.1. The maximum Gasteiger partial charge on any atom is 0.231 e. The molecule has 1 aliphatic heterocycles. The summed E-state index contributed by atoms with van der Waals surface area (Å²) in [5.74, 6) is 1.24. The average molecular weight is 280 g/mol. The average Bonchev–Trinajstić information content (AvgIpc) is 2.88. The molecular weight excluding hydrogens is 266 g/mol. The first-order chi connectivity index (χ1) is 9.31. The van der Waals surface area contributed by atoms with Gasteiger partial charge in [0.05, 0.1) is 25.7 Å². The third kappa shape index (κ3) is 3.12. The predicted octanol–water partition coefficient (Wildman–Crippen LogP) is 1.97. The van der Waals surface area contributed by atoms with E-state index in [1.165, 1.54) is 0 Å². The van der Waals surface area contributed by atoms with E-state index in [1.54, 1.807) is 0 Å².